The van der Waals surface area contributed by atoms with Crippen LogP contribution in [0.1, 0.15) is 5.56 Å². The van der Waals surface area contributed by atoms with Gasteiger partial charge in [-0.1, -0.05) is 48.2 Å². The Morgan fingerprint density at radius 3 is 2.72 bits per heavy atom. The van der Waals surface area contributed by atoms with E-state index in [1.807, 2.05) is 42.5 Å². The summed E-state index contributed by atoms with van der Waals surface area (Å²) >= 11 is 1.22. The van der Waals surface area contributed by atoms with Gasteiger partial charge in [0.1, 0.15) is 5.04 Å². The van der Waals surface area contributed by atoms with Gasteiger partial charge in [-0.15, -0.1) is 0 Å². The maximum absolute atomic E-state index is 10.8. The summed E-state index contributed by atoms with van der Waals surface area (Å²) in [5, 5.41) is 15.3. The molecule has 3 rings (SSSR count). The lowest BCUT2D eigenvalue weighted by Gasteiger charge is -2.03. The number of carboxylic acids is 1. The van der Waals surface area contributed by atoms with Gasteiger partial charge in [0.15, 0.2) is 5.37 Å². The molecule has 2 N–H and O–H groups in total. The van der Waals surface area contributed by atoms with Crippen molar-refractivity contribution in [1.82, 2.24) is 5.43 Å². The van der Waals surface area contributed by atoms with E-state index in [1.165, 1.54) is 11.8 Å². The molecule has 0 amide bonds. The van der Waals surface area contributed by atoms with E-state index in [4.69, 9.17) is 5.11 Å². The number of benzene rings is 2. The Morgan fingerprint density at radius 2 is 2.00 bits per heavy atom. The third kappa shape index (κ3) is 1.93. The molecule has 1 aliphatic rings. The van der Waals surface area contributed by atoms with Gasteiger partial charge in [0.05, 0.1) is 0 Å². The van der Waals surface area contributed by atoms with Crippen LogP contribution in [-0.2, 0) is 4.79 Å². The molecular formula is C13H10N2O2S. The average molecular weight is 258 g/mol. The highest BCUT2D eigenvalue weighted by Crippen LogP contribution is 2.25. The smallest absolute Gasteiger partial charge is 0.338 e. The number of aliphatic carboxylic acids is 1. The normalized spacial score (nSPS) is 18.4. The topological polar surface area (TPSA) is 61.7 Å². The van der Waals surface area contributed by atoms with Crippen LogP contribution in [0.2, 0.25) is 0 Å². The van der Waals surface area contributed by atoms with Gasteiger partial charge >= 0.3 is 5.97 Å². The lowest BCUT2D eigenvalue weighted by molar-refractivity contribution is -0.136. The minimum absolute atomic E-state index is 0.688. The van der Waals surface area contributed by atoms with Gasteiger partial charge in [0, 0.05) is 5.56 Å². The molecule has 2 aromatic rings. The predicted octanol–water partition coefficient (Wildman–Crippen LogP) is 2.25. The Kier molecular flexibility index (Phi) is 2.68. The summed E-state index contributed by atoms with van der Waals surface area (Å²) in [5.74, 6) is -0.903. The number of nitrogens with zero attached hydrogens (tertiary/aromatic N) is 1. The largest absolute Gasteiger partial charge is 0.479 e. The highest BCUT2D eigenvalue weighted by Gasteiger charge is 2.26. The summed E-state index contributed by atoms with van der Waals surface area (Å²) in [7, 11) is 0. The number of carbonyl (C=O) groups is 1. The fourth-order valence-corrected chi connectivity index (χ4v) is 2.64. The monoisotopic (exact) mass is 258 g/mol. The third-order valence-corrected chi connectivity index (χ3v) is 3.83. The zero-order chi connectivity index (χ0) is 12.5. The number of hydrogen-bond acceptors (Lipinski definition) is 4. The molecule has 0 saturated heterocycles. The maximum Gasteiger partial charge on any atom is 0.338 e. The van der Waals surface area contributed by atoms with Gasteiger partial charge in [-0.25, -0.2) is 4.79 Å². The lowest BCUT2D eigenvalue weighted by atomic mass is 10.1. The van der Waals surface area contributed by atoms with Crippen molar-refractivity contribution in [2.24, 2.45) is 5.10 Å². The summed E-state index contributed by atoms with van der Waals surface area (Å²) in [4.78, 5) is 10.8. The van der Waals surface area contributed by atoms with E-state index in [2.05, 4.69) is 10.5 Å². The molecule has 0 aliphatic carbocycles. The van der Waals surface area contributed by atoms with Gasteiger partial charge in [0.25, 0.3) is 0 Å². The maximum atomic E-state index is 10.8. The molecule has 0 bridgehead atoms. The van der Waals surface area contributed by atoms with Crippen LogP contribution in [0, 0.1) is 0 Å². The van der Waals surface area contributed by atoms with Gasteiger partial charge < -0.3 is 5.11 Å². The van der Waals surface area contributed by atoms with Crippen LogP contribution in [0.4, 0.5) is 0 Å². The molecule has 18 heavy (non-hydrogen) atoms. The van der Waals surface area contributed by atoms with E-state index < -0.39 is 11.3 Å². The molecule has 1 atom stereocenters. The summed E-state index contributed by atoms with van der Waals surface area (Å²) in [6.07, 6.45) is 0. The molecule has 0 fully saturated rings. The molecule has 1 unspecified atom stereocenters. The first-order valence-corrected chi connectivity index (χ1v) is 6.34. The first-order valence-electron chi connectivity index (χ1n) is 5.46. The number of fused-ring (bicyclic) bond motifs is 1. The van der Waals surface area contributed by atoms with Crippen LogP contribution in [0.25, 0.3) is 10.8 Å². The number of rotatable bonds is 2. The van der Waals surface area contributed by atoms with Crippen LogP contribution >= 0.6 is 11.8 Å². The zero-order valence-electron chi connectivity index (χ0n) is 9.33. The Bertz CT molecular complexity index is 654. The Hall–Kier alpha value is -2.01. The van der Waals surface area contributed by atoms with Crippen molar-refractivity contribution in [1.29, 1.82) is 0 Å². The fraction of sp³-hybridized carbons (Fsp3) is 0.0769. The highest BCUT2D eigenvalue weighted by molar-refractivity contribution is 8.15. The first-order chi connectivity index (χ1) is 8.74. The van der Waals surface area contributed by atoms with Gasteiger partial charge in [-0.05, 0) is 16.8 Å². The molecule has 5 heteroatoms. The van der Waals surface area contributed by atoms with Crippen molar-refractivity contribution in [2.45, 2.75) is 5.37 Å². The van der Waals surface area contributed by atoms with E-state index in [-0.39, 0.29) is 0 Å². The van der Waals surface area contributed by atoms with Crippen molar-refractivity contribution in [2.75, 3.05) is 0 Å². The van der Waals surface area contributed by atoms with E-state index >= 15 is 0 Å². The second-order valence-electron chi connectivity index (χ2n) is 3.94. The Labute approximate surface area is 108 Å². The number of carboxylic acid groups (broad SMARTS) is 1. The SMILES string of the molecule is O=C(O)C1NN=C(c2ccc3ccccc3c2)S1. The van der Waals surface area contributed by atoms with Crippen molar-refractivity contribution in [3.63, 3.8) is 0 Å². The Morgan fingerprint density at radius 1 is 1.22 bits per heavy atom. The third-order valence-electron chi connectivity index (χ3n) is 2.73. The van der Waals surface area contributed by atoms with Crippen LogP contribution in [0.5, 0.6) is 0 Å². The molecular weight excluding hydrogens is 248 g/mol. The summed E-state index contributed by atoms with van der Waals surface area (Å²) in [5.41, 5.74) is 3.54. The quantitative estimate of drug-likeness (QED) is 0.867. The summed E-state index contributed by atoms with van der Waals surface area (Å²) < 4.78 is 0. The number of thioether (sulfide) groups is 1. The fourth-order valence-electron chi connectivity index (χ4n) is 1.84. The number of nitrogens with one attached hydrogen (secondary N) is 1. The lowest BCUT2D eigenvalue weighted by Crippen LogP contribution is -2.25. The highest BCUT2D eigenvalue weighted by atomic mass is 32.2. The molecule has 0 spiro atoms. The number of hydrogen-bond donors (Lipinski definition) is 2. The minimum atomic E-state index is -0.903. The molecule has 0 radical (unpaired) electrons. The van der Waals surface area contributed by atoms with Crippen molar-refractivity contribution in [3.8, 4) is 0 Å². The van der Waals surface area contributed by atoms with Crippen LogP contribution in [-0.4, -0.2) is 21.5 Å². The minimum Gasteiger partial charge on any atom is -0.479 e. The molecule has 0 aromatic heterocycles. The van der Waals surface area contributed by atoms with E-state index in [1.54, 1.807) is 0 Å². The molecule has 0 saturated carbocycles. The number of hydrazone groups is 1. The van der Waals surface area contributed by atoms with Gasteiger partial charge in [-0.2, -0.15) is 5.10 Å². The molecule has 2 aromatic carbocycles. The van der Waals surface area contributed by atoms with E-state index in [9.17, 15) is 4.79 Å². The molecule has 1 heterocycles. The molecule has 90 valence electrons. The second-order valence-corrected chi connectivity index (χ2v) is 5.04. The summed E-state index contributed by atoms with van der Waals surface area (Å²) in [6, 6.07) is 14.0. The van der Waals surface area contributed by atoms with E-state index in [0.29, 0.717) is 5.04 Å². The summed E-state index contributed by atoms with van der Waals surface area (Å²) in [6.45, 7) is 0. The van der Waals surface area contributed by atoms with Gasteiger partial charge in [-0.3, -0.25) is 5.43 Å². The standard InChI is InChI=1S/C13H10N2O2S/c16-13(17)12-15-14-11(18-12)10-6-5-8-3-1-2-4-9(8)7-10/h1-7,12,15H,(H,16,17). The van der Waals surface area contributed by atoms with Gasteiger partial charge in [0.2, 0.25) is 0 Å². The van der Waals surface area contributed by atoms with Crippen LogP contribution in [0.3, 0.4) is 0 Å². The van der Waals surface area contributed by atoms with Crippen LogP contribution < -0.4 is 5.43 Å². The zero-order valence-corrected chi connectivity index (χ0v) is 10.1. The average Bonchev–Trinajstić information content (AvgIpc) is 2.88. The predicted molar refractivity (Wildman–Crippen MR) is 72.6 cm³/mol. The van der Waals surface area contributed by atoms with Crippen molar-refractivity contribution < 1.29 is 9.90 Å². The van der Waals surface area contributed by atoms with E-state index in [0.717, 1.165) is 16.3 Å². The van der Waals surface area contributed by atoms with Crippen molar-refractivity contribution >= 4 is 33.5 Å². The molecule has 4 nitrogen and oxygen atoms in total. The van der Waals surface area contributed by atoms with Crippen LogP contribution in [0.15, 0.2) is 47.6 Å². The first kappa shape index (κ1) is 11.1. The molecule has 1 aliphatic heterocycles. The van der Waals surface area contributed by atoms with Crippen molar-refractivity contribution in [3.05, 3.63) is 48.0 Å². The second kappa shape index (κ2) is 4.34. The Balaban J connectivity index is 1.94.